The summed E-state index contributed by atoms with van der Waals surface area (Å²) < 4.78 is 13.5. The normalized spacial score (nSPS) is 23.9. The lowest BCUT2D eigenvalue weighted by Crippen LogP contribution is -2.38. The van der Waals surface area contributed by atoms with Crippen LogP contribution in [0.5, 0.6) is 0 Å². The van der Waals surface area contributed by atoms with Gasteiger partial charge >= 0.3 is 0 Å². The molecule has 3 nitrogen and oxygen atoms in total. The Labute approximate surface area is 166 Å². The average molecular weight is 378 g/mol. The summed E-state index contributed by atoms with van der Waals surface area (Å²) in [5.74, 6) is 1.64. The highest BCUT2D eigenvalue weighted by Crippen LogP contribution is 2.44. The van der Waals surface area contributed by atoms with E-state index in [2.05, 4.69) is 17.0 Å². The molecule has 1 amide bonds. The molecule has 2 aliphatic heterocycles. The van der Waals surface area contributed by atoms with Gasteiger partial charge in [-0.1, -0.05) is 25.0 Å². The van der Waals surface area contributed by atoms with Crippen molar-refractivity contribution in [2.75, 3.05) is 29.4 Å². The van der Waals surface area contributed by atoms with E-state index in [0.29, 0.717) is 13.0 Å². The second kappa shape index (κ2) is 6.91. The molecular weight excluding hydrogens is 351 g/mol. The predicted octanol–water partition coefficient (Wildman–Crippen LogP) is 5.03. The van der Waals surface area contributed by atoms with E-state index in [1.165, 1.54) is 43.5 Å². The van der Waals surface area contributed by atoms with Gasteiger partial charge in [0.05, 0.1) is 12.1 Å². The summed E-state index contributed by atoms with van der Waals surface area (Å²) >= 11 is 0. The maximum Gasteiger partial charge on any atom is 0.231 e. The summed E-state index contributed by atoms with van der Waals surface area (Å²) in [6.45, 7) is 4.89. The van der Waals surface area contributed by atoms with E-state index in [1.54, 1.807) is 0 Å². The molecule has 2 aromatic rings. The summed E-state index contributed by atoms with van der Waals surface area (Å²) in [7, 11) is 0. The molecule has 146 valence electrons. The summed E-state index contributed by atoms with van der Waals surface area (Å²) in [4.78, 5) is 17.0. The van der Waals surface area contributed by atoms with E-state index in [9.17, 15) is 9.18 Å². The number of piperidine rings is 1. The highest BCUT2D eigenvalue weighted by atomic mass is 19.1. The summed E-state index contributed by atoms with van der Waals surface area (Å²) in [6.07, 6.45) is 5.84. The lowest BCUT2D eigenvalue weighted by molar-refractivity contribution is -0.117. The van der Waals surface area contributed by atoms with Crippen molar-refractivity contribution >= 4 is 17.3 Å². The number of rotatable bonds is 3. The summed E-state index contributed by atoms with van der Waals surface area (Å²) in [5, 5.41) is 0. The van der Waals surface area contributed by atoms with Crippen LogP contribution in [0.25, 0.3) is 11.1 Å². The molecule has 0 aromatic heterocycles. The Morgan fingerprint density at radius 2 is 1.86 bits per heavy atom. The van der Waals surface area contributed by atoms with Gasteiger partial charge < -0.3 is 9.80 Å². The van der Waals surface area contributed by atoms with E-state index >= 15 is 0 Å². The molecule has 2 atom stereocenters. The fourth-order valence-corrected chi connectivity index (χ4v) is 5.55. The maximum absolute atomic E-state index is 13.5. The van der Waals surface area contributed by atoms with Crippen LogP contribution in [-0.2, 0) is 11.2 Å². The van der Waals surface area contributed by atoms with Gasteiger partial charge in [-0.25, -0.2) is 4.39 Å². The molecule has 5 rings (SSSR count). The highest BCUT2D eigenvalue weighted by Gasteiger charge is 2.35. The molecule has 0 unspecified atom stereocenters. The van der Waals surface area contributed by atoms with Crippen LogP contribution in [0.1, 0.15) is 38.2 Å². The monoisotopic (exact) mass is 378 g/mol. The zero-order valence-corrected chi connectivity index (χ0v) is 16.5. The van der Waals surface area contributed by atoms with Crippen LogP contribution in [-0.4, -0.2) is 25.5 Å². The zero-order chi connectivity index (χ0) is 19.3. The Balaban J connectivity index is 1.58. The third kappa shape index (κ3) is 2.90. The molecular formula is C24H27FN2O. The second-order valence-corrected chi connectivity index (χ2v) is 8.51. The molecule has 0 spiro atoms. The number of carbonyl (C=O) groups excluding carboxylic acids is 1. The first-order valence-corrected chi connectivity index (χ1v) is 10.6. The van der Waals surface area contributed by atoms with Crippen molar-refractivity contribution in [3.63, 3.8) is 0 Å². The molecule has 2 heterocycles. The van der Waals surface area contributed by atoms with Crippen LogP contribution in [0.15, 0.2) is 36.4 Å². The number of nitrogens with zero attached hydrogens (tertiary/aromatic N) is 2. The van der Waals surface area contributed by atoms with Crippen LogP contribution >= 0.6 is 0 Å². The third-order valence-electron chi connectivity index (χ3n) is 6.96. The smallest absolute Gasteiger partial charge is 0.231 e. The Morgan fingerprint density at radius 3 is 2.64 bits per heavy atom. The third-order valence-corrected chi connectivity index (χ3v) is 6.96. The summed E-state index contributed by atoms with van der Waals surface area (Å²) in [6, 6.07) is 11.1. The number of halogens is 1. The second-order valence-electron chi connectivity index (χ2n) is 8.51. The molecule has 1 saturated heterocycles. The van der Waals surface area contributed by atoms with Gasteiger partial charge in [0.2, 0.25) is 5.91 Å². The fourth-order valence-electron chi connectivity index (χ4n) is 5.55. The van der Waals surface area contributed by atoms with Crippen molar-refractivity contribution in [3.8, 4) is 11.1 Å². The molecule has 0 N–H and O–H groups in total. The van der Waals surface area contributed by atoms with E-state index in [-0.39, 0.29) is 11.7 Å². The van der Waals surface area contributed by atoms with Crippen molar-refractivity contribution in [2.45, 2.75) is 39.0 Å². The van der Waals surface area contributed by atoms with Gasteiger partial charge in [0.1, 0.15) is 5.82 Å². The van der Waals surface area contributed by atoms with Gasteiger partial charge in [-0.2, -0.15) is 0 Å². The quantitative estimate of drug-likeness (QED) is 0.748. The minimum absolute atomic E-state index is 0.160. The van der Waals surface area contributed by atoms with Crippen molar-refractivity contribution in [3.05, 3.63) is 47.8 Å². The van der Waals surface area contributed by atoms with Gasteiger partial charge in [-0.05, 0) is 67.0 Å². The van der Waals surface area contributed by atoms with Gasteiger partial charge in [-0.15, -0.1) is 0 Å². The minimum atomic E-state index is -0.233. The average Bonchev–Trinajstić information content (AvgIpc) is 3.30. The van der Waals surface area contributed by atoms with Gasteiger partial charge in [0.25, 0.3) is 0 Å². The largest absolute Gasteiger partial charge is 0.371 e. The lowest BCUT2D eigenvalue weighted by atomic mass is 9.88. The molecule has 0 bridgehead atoms. The number of carbonyl (C=O) groups is 1. The SMILES string of the molecule is CCN1C(=O)Cc2cc(N3CC[C@H]4CCC[C@@H]4C3)cc(-c3ccc(F)cc3)c21. The number of benzene rings is 2. The summed E-state index contributed by atoms with van der Waals surface area (Å²) in [5.41, 5.74) is 5.36. The van der Waals surface area contributed by atoms with Crippen molar-refractivity contribution in [1.82, 2.24) is 0 Å². The van der Waals surface area contributed by atoms with Gasteiger partial charge in [-0.3, -0.25) is 4.79 Å². The molecule has 2 fully saturated rings. The molecule has 2 aromatic carbocycles. The molecule has 1 aliphatic carbocycles. The fraction of sp³-hybridized carbons (Fsp3) is 0.458. The topological polar surface area (TPSA) is 23.6 Å². The van der Waals surface area contributed by atoms with Crippen LogP contribution in [0.4, 0.5) is 15.8 Å². The number of hydrogen-bond donors (Lipinski definition) is 0. The van der Waals surface area contributed by atoms with Crippen LogP contribution in [0.3, 0.4) is 0 Å². The first-order valence-electron chi connectivity index (χ1n) is 10.6. The maximum atomic E-state index is 13.5. The number of fused-ring (bicyclic) bond motifs is 2. The van der Waals surface area contributed by atoms with E-state index in [0.717, 1.165) is 47.3 Å². The van der Waals surface area contributed by atoms with E-state index in [1.807, 2.05) is 24.0 Å². The molecule has 3 aliphatic rings. The van der Waals surface area contributed by atoms with E-state index < -0.39 is 0 Å². The van der Waals surface area contributed by atoms with Crippen LogP contribution in [0, 0.1) is 17.7 Å². The lowest BCUT2D eigenvalue weighted by Gasteiger charge is -2.37. The number of hydrogen-bond acceptors (Lipinski definition) is 2. The first kappa shape index (κ1) is 17.7. The van der Waals surface area contributed by atoms with Crippen LogP contribution < -0.4 is 9.80 Å². The van der Waals surface area contributed by atoms with Crippen LogP contribution in [0.2, 0.25) is 0 Å². The molecule has 0 radical (unpaired) electrons. The van der Waals surface area contributed by atoms with Crippen molar-refractivity contribution in [1.29, 1.82) is 0 Å². The molecule has 28 heavy (non-hydrogen) atoms. The minimum Gasteiger partial charge on any atom is -0.371 e. The Morgan fingerprint density at radius 1 is 1.07 bits per heavy atom. The number of likely N-dealkylation sites (N-methyl/N-ethyl adjacent to an activating group) is 1. The number of anilines is 2. The van der Waals surface area contributed by atoms with Crippen molar-refractivity contribution < 1.29 is 9.18 Å². The van der Waals surface area contributed by atoms with Crippen molar-refractivity contribution in [2.24, 2.45) is 11.8 Å². The van der Waals surface area contributed by atoms with Gasteiger partial charge in [0.15, 0.2) is 0 Å². The standard InChI is InChI=1S/C24H27FN2O/c1-2-27-23(28)13-19-12-21(26-11-10-16-4-3-5-18(16)15-26)14-22(24(19)27)17-6-8-20(25)9-7-17/h6-9,12,14,16,18H,2-5,10-11,13,15H2,1H3/t16-,18-/m1/s1. The first-order chi connectivity index (χ1) is 13.6. The molecule has 4 heteroatoms. The Kier molecular flexibility index (Phi) is 4.37. The molecule has 1 saturated carbocycles. The van der Waals surface area contributed by atoms with Gasteiger partial charge in [0, 0.05) is 30.9 Å². The Hall–Kier alpha value is -2.36. The zero-order valence-electron chi connectivity index (χ0n) is 16.5. The Bertz CT molecular complexity index is 908. The van der Waals surface area contributed by atoms with E-state index in [4.69, 9.17) is 0 Å². The predicted molar refractivity (Wildman–Crippen MR) is 111 cm³/mol. The highest BCUT2D eigenvalue weighted by molar-refractivity contribution is 6.06. The number of amides is 1.